The van der Waals surface area contributed by atoms with Gasteiger partial charge in [-0.1, -0.05) is 31.4 Å². The highest BCUT2D eigenvalue weighted by molar-refractivity contribution is 5.77. The predicted molar refractivity (Wildman–Crippen MR) is 34.5 cm³/mol. The van der Waals surface area contributed by atoms with E-state index >= 15 is 0 Å². The number of hydrogen-bond acceptors (Lipinski definition) is 1. The highest BCUT2D eigenvalue weighted by Crippen LogP contribution is 1.88. The first kappa shape index (κ1) is 6.89. The molecule has 0 aromatic rings. The lowest BCUT2D eigenvalue weighted by atomic mass is 10.3. The van der Waals surface area contributed by atoms with Crippen LogP contribution in [0, 0.1) is 0 Å². The van der Waals surface area contributed by atoms with E-state index in [1.54, 1.807) is 12.2 Å². The van der Waals surface area contributed by atoms with Crippen LogP contribution in [0.15, 0.2) is 37.0 Å². The van der Waals surface area contributed by atoms with Crippen molar-refractivity contribution in [3.05, 3.63) is 37.0 Å². The van der Waals surface area contributed by atoms with E-state index in [1.807, 2.05) is 0 Å². The molecule has 0 aliphatic carbocycles. The third kappa shape index (κ3) is 2.13. The summed E-state index contributed by atoms with van der Waals surface area (Å²) in [5.41, 5.74) is 0.556. The van der Waals surface area contributed by atoms with Gasteiger partial charge in [-0.05, 0) is 0 Å². The summed E-state index contributed by atoms with van der Waals surface area (Å²) in [5, 5.41) is 0. The predicted octanol–water partition coefficient (Wildman–Crippen LogP) is 1.48. The van der Waals surface area contributed by atoms with Crippen molar-refractivity contribution in [2.24, 2.45) is 0 Å². The van der Waals surface area contributed by atoms with E-state index in [4.69, 9.17) is 0 Å². The first-order chi connectivity index (χ1) is 3.85. The molecule has 0 fully saturated rings. The lowest BCUT2D eigenvalue weighted by Gasteiger charge is -1.79. The molecule has 1 heteroatoms. The quantitative estimate of drug-likeness (QED) is 0.304. The first-order valence-electron chi connectivity index (χ1n) is 2.25. The average molecular weight is 108 g/mol. The molecular formula is C7H8O. The van der Waals surface area contributed by atoms with E-state index in [9.17, 15) is 4.79 Å². The summed E-state index contributed by atoms with van der Waals surface area (Å²) in [4.78, 5) is 9.94. The van der Waals surface area contributed by atoms with Gasteiger partial charge in [-0.25, -0.2) is 0 Å². The van der Waals surface area contributed by atoms with Crippen LogP contribution in [0.5, 0.6) is 0 Å². The molecule has 0 aliphatic heterocycles. The van der Waals surface area contributed by atoms with Gasteiger partial charge in [0.05, 0.1) is 0 Å². The van der Waals surface area contributed by atoms with E-state index in [0.717, 1.165) is 6.29 Å². The maximum Gasteiger partial charge on any atom is 0.150 e. The molecule has 0 rings (SSSR count). The topological polar surface area (TPSA) is 17.1 Å². The molecule has 0 radical (unpaired) electrons. The van der Waals surface area contributed by atoms with E-state index in [1.165, 1.54) is 6.08 Å². The molecule has 0 heterocycles. The number of allylic oxidation sites excluding steroid dienone is 4. The second-order valence-corrected chi connectivity index (χ2v) is 1.22. The van der Waals surface area contributed by atoms with E-state index in [2.05, 4.69) is 13.2 Å². The fraction of sp³-hybridized carbons (Fsp3) is 0. The zero-order valence-electron chi connectivity index (χ0n) is 4.63. The normalized spacial score (nSPS) is 10.2. The monoisotopic (exact) mass is 108 g/mol. The smallest absolute Gasteiger partial charge is 0.150 e. The van der Waals surface area contributed by atoms with Crippen molar-refractivity contribution >= 4 is 6.29 Å². The van der Waals surface area contributed by atoms with E-state index in [-0.39, 0.29) is 0 Å². The van der Waals surface area contributed by atoms with Crippen LogP contribution in [0.4, 0.5) is 0 Å². The van der Waals surface area contributed by atoms with Crippen molar-refractivity contribution in [2.75, 3.05) is 0 Å². The molecule has 0 spiro atoms. The van der Waals surface area contributed by atoms with E-state index < -0.39 is 0 Å². The molecule has 0 amide bonds. The van der Waals surface area contributed by atoms with Crippen LogP contribution in [-0.2, 0) is 4.79 Å². The third-order valence-electron chi connectivity index (χ3n) is 0.682. The minimum atomic E-state index is 0.556. The van der Waals surface area contributed by atoms with Gasteiger partial charge in [0.2, 0.25) is 0 Å². The van der Waals surface area contributed by atoms with Crippen LogP contribution in [0.25, 0.3) is 0 Å². The van der Waals surface area contributed by atoms with Gasteiger partial charge in [0.1, 0.15) is 6.29 Å². The second kappa shape index (κ2) is 4.06. The summed E-state index contributed by atoms with van der Waals surface area (Å²) in [7, 11) is 0. The Hall–Kier alpha value is -1.11. The van der Waals surface area contributed by atoms with Crippen molar-refractivity contribution in [3.8, 4) is 0 Å². The molecule has 0 N–H and O–H groups in total. The van der Waals surface area contributed by atoms with Gasteiger partial charge in [-0.15, -0.1) is 0 Å². The second-order valence-electron chi connectivity index (χ2n) is 1.22. The SMILES string of the molecule is C=C/C=C(\C=C)C=O. The Balaban J connectivity index is 4.05. The Morgan fingerprint density at radius 1 is 1.38 bits per heavy atom. The fourth-order valence-corrected chi connectivity index (χ4v) is 0.292. The molecular weight excluding hydrogens is 100 g/mol. The van der Waals surface area contributed by atoms with Crippen LogP contribution in [0.3, 0.4) is 0 Å². The van der Waals surface area contributed by atoms with Crippen LogP contribution >= 0.6 is 0 Å². The van der Waals surface area contributed by atoms with Crippen LogP contribution in [0.1, 0.15) is 0 Å². The zero-order chi connectivity index (χ0) is 6.41. The summed E-state index contributed by atoms with van der Waals surface area (Å²) >= 11 is 0. The van der Waals surface area contributed by atoms with Crippen LogP contribution in [-0.4, -0.2) is 6.29 Å². The summed E-state index contributed by atoms with van der Waals surface area (Å²) < 4.78 is 0. The Morgan fingerprint density at radius 2 is 2.00 bits per heavy atom. The standard InChI is InChI=1S/C7H8O/c1-3-5-7(4-2)6-8/h3-6H,1-2H2/b7-5+. The van der Waals surface area contributed by atoms with Crippen LogP contribution in [0.2, 0.25) is 0 Å². The van der Waals surface area contributed by atoms with Crippen molar-refractivity contribution in [3.63, 3.8) is 0 Å². The molecule has 0 atom stereocenters. The van der Waals surface area contributed by atoms with Gasteiger partial charge in [0, 0.05) is 5.57 Å². The molecule has 0 bridgehead atoms. The molecule has 0 saturated carbocycles. The molecule has 1 nitrogen and oxygen atoms in total. The maximum atomic E-state index is 9.94. The average Bonchev–Trinajstić information content (AvgIpc) is 1.83. The van der Waals surface area contributed by atoms with Crippen molar-refractivity contribution in [1.82, 2.24) is 0 Å². The number of hydrogen-bond donors (Lipinski definition) is 0. The van der Waals surface area contributed by atoms with E-state index in [0.29, 0.717) is 5.57 Å². The summed E-state index contributed by atoms with van der Waals surface area (Å²) in [6.07, 6.45) is 5.36. The van der Waals surface area contributed by atoms with Gasteiger partial charge in [-0.2, -0.15) is 0 Å². The third-order valence-corrected chi connectivity index (χ3v) is 0.682. The Labute approximate surface area is 49.0 Å². The molecule has 8 heavy (non-hydrogen) atoms. The highest BCUT2D eigenvalue weighted by Gasteiger charge is 1.79. The van der Waals surface area contributed by atoms with Crippen molar-refractivity contribution < 1.29 is 4.79 Å². The summed E-state index contributed by atoms with van der Waals surface area (Å²) in [6, 6.07) is 0. The molecule has 0 aromatic carbocycles. The fourth-order valence-electron chi connectivity index (χ4n) is 0.292. The molecule has 0 saturated heterocycles. The number of carbonyl (C=O) groups is 1. The Kier molecular flexibility index (Phi) is 3.50. The Bertz CT molecular complexity index is 121. The van der Waals surface area contributed by atoms with Gasteiger partial charge < -0.3 is 0 Å². The van der Waals surface area contributed by atoms with Gasteiger partial charge in [0.15, 0.2) is 0 Å². The van der Waals surface area contributed by atoms with Gasteiger partial charge >= 0.3 is 0 Å². The maximum absolute atomic E-state index is 9.94. The van der Waals surface area contributed by atoms with Crippen molar-refractivity contribution in [1.29, 1.82) is 0 Å². The summed E-state index contributed by atoms with van der Waals surface area (Å²) in [6.45, 7) is 6.82. The molecule has 42 valence electrons. The lowest BCUT2D eigenvalue weighted by molar-refractivity contribution is -0.104. The Morgan fingerprint density at radius 3 is 2.12 bits per heavy atom. The minimum absolute atomic E-state index is 0.556. The number of carbonyl (C=O) groups excluding carboxylic acids is 1. The molecule has 0 aliphatic rings. The number of rotatable bonds is 3. The van der Waals surface area contributed by atoms with Gasteiger partial charge in [-0.3, -0.25) is 4.79 Å². The van der Waals surface area contributed by atoms with Crippen LogP contribution < -0.4 is 0 Å². The highest BCUT2D eigenvalue weighted by atomic mass is 16.1. The summed E-state index contributed by atoms with van der Waals surface area (Å²) in [5.74, 6) is 0. The largest absolute Gasteiger partial charge is 0.298 e. The van der Waals surface area contributed by atoms with Crippen molar-refractivity contribution in [2.45, 2.75) is 0 Å². The lowest BCUT2D eigenvalue weighted by Crippen LogP contribution is -1.73. The first-order valence-corrected chi connectivity index (χ1v) is 2.25. The molecule has 0 unspecified atom stereocenters. The molecule has 0 aromatic heterocycles. The minimum Gasteiger partial charge on any atom is -0.298 e. The zero-order valence-corrected chi connectivity index (χ0v) is 4.63. The number of aldehydes is 1. The van der Waals surface area contributed by atoms with Gasteiger partial charge in [0.25, 0.3) is 0 Å².